The van der Waals surface area contributed by atoms with Crippen molar-refractivity contribution < 1.29 is 14.6 Å². The van der Waals surface area contributed by atoms with Crippen molar-refractivity contribution in [3.8, 4) is 5.75 Å². The van der Waals surface area contributed by atoms with Crippen LogP contribution in [0.1, 0.15) is 34.7 Å². The highest BCUT2D eigenvalue weighted by Gasteiger charge is 2.33. The number of carboxylic acid groups (broad SMARTS) is 1. The molecule has 1 aliphatic heterocycles. The van der Waals surface area contributed by atoms with Crippen molar-refractivity contribution in [1.29, 1.82) is 0 Å². The maximum atomic E-state index is 11.1. The molecule has 0 saturated carbocycles. The average molecular weight is 342 g/mol. The molecule has 0 radical (unpaired) electrons. The minimum absolute atomic E-state index is 0.0293. The first-order chi connectivity index (χ1) is 9.38. The van der Waals surface area contributed by atoms with Crippen LogP contribution in [0.2, 0.25) is 0 Å². The van der Waals surface area contributed by atoms with E-state index in [2.05, 4.69) is 28.2 Å². The summed E-state index contributed by atoms with van der Waals surface area (Å²) in [5.41, 5.74) is 4.45. The molecule has 0 amide bonds. The van der Waals surface area contributed by atoms with E-state index in [1.165, 1.54) is 0 Å². The van der Waals surface area contributed by atoms with Crippen LogP contribution in [0.25, 0.3) is 0 Å². The fraction of sp³-hybridized carbons (Fsp3) is 0.533. The van der Waals surface area contributed by atoms with E-state index in [9.17, 15) is 4.79 Å². The van der Waals surface area contributed by atoms with E-state index in [1.54, 1.807) is 7.11 Å². The van der Waals surface area contributed by atoms with Gasteiger partial charge in [-0.2, -0.15) is 0 Å². The first-order valence-electron chi connectivity index (χ1n) is 6.67. The molecule has 20 heavy (non-hydrogen) atoms. The van der Waals surface area contributed by atoms with Crippen LogP contribution in [0.5, 0.6) is 5.75 Å². The lowest BCUT2D eigenvalue weighted by Gasteiger charge is -2.23. The third kappa shape index (κ3) is 2.44. The number of rotatable bonds is 3. The molecule has 110 valence electrons. The van der Waals surface area contributed by atoms with Gasteiger partial charge in [-0.05, 0) is 43.9 Å². The van der Waals surface area contributed by atoms with Gasteiger partial charge in [-0.3, -0.25) is 4.79 Å². The monoisotopic (exact) mass is 341 g/mol. The van der Waals surface area contributed by atoms with Crippen molar-refractivity contribution in [3.05, 3.63) is 26.7 Å². The summed E-state index contributed by atoms with van der Waals surface area (Å²) in [6.07, 6.45) is 0.599. The first-order valence-corrected chi connectivity index (χ1v) is 7.47. The lowest BCUT2D eigenvalue weighted by Crippen LogP contribution is -2.18. The van der Waals surface area contributed by atoms with Gasteiger partial charge in [0.2, 0.25) is 0 Å². The highest BCUT2D eigenvalue weighted by molar-refractivity contribution is 9.10. The van der Waals surface area contributed by atoms with Crippen LogP contribution in [0, 0.1) is 26.7 Å². The van der Waals surface area contributed by atoms with Crippen molar-refractivity contribution in [3.63, 3.8) is 0 Å². The number of methoxy groups -OCH3 is 1. The van der Waals surface area contributed by atoms with Crippen molar-refractivity contribution in [2.75, 3.05) is 13.7 Å². The Morgan fingerprint density at radius 1 is 1.30 bits per heavy atom. The molecular formula is C15H20BrNO3. The van der Waals surface area contributed by atoms with Gasteiger partial charge in [0, 0.05) is 22.6 Å². The molecule has 0 aliphatic carbocycles. The van der Waals surface area contributed by atoms with Gasteiger partial charge in [0.05, 0.1) is 13.0 Å². The first kappa shape index (κ1) is 15.3. The molecule has 1 aromatic carbocycles. The molecule has 1 fully saturated rings. The Morgan fingerprint density at radius 2 is 1.95 bits per heavy atom. The Kier molecular flexibility index (Phi) is 4.39. The normalized spacial score (nSPS) is 22.1. The van der Waals surface area contributed by atoms with Crippen molar-refractivity contribution in [2.24, 2.45) is 5.92 Å². The summed E-state index contributed by atoms with van der Waals surface area (Å²) in [7, 11) is 1.67. The van der Waals surface area contributed by atoms with Crippen LogP contribution in [-0.2, 0) is 4.79 Å². The molecule has 5 heteroatoms. The summed E-state index contributed by atoms with van der Waals surface area (Å²) in [6.45, 7) is 6.64. The fourth-order valence-corrected chi connectivity index (χ4v) is 3.44. The molecule has 1 saturated heterocycles. The highest BCUT2D eigenvalue weighted by Crippen LogP contribution is 2.42. The molecule has 0 bridgehead atoms. The summed E-state index contributed by atoms with van der Waals surface area (Å²) in [5, 5.41) is 12.5. The lowest BCUT2D eigenvalue weighted by molar-refractivity contribution is -0.141. The van der Waals surface area contributed by atoms with Gasteiger partial charge in [0.1, 0.15) is 5.75 Å². The van der Waals surface area contributed by atoms with Crippen LogP contribution in [0.3, 0.4) is 0 Å². The van der Waals surface area contributed by atoms with Crippen LogP contribution in [0.4, 0.5) is 0 Å². The predicted molar refractivity (Wildman–Crippen MR) is 81.4 cm³/mol. The second-order valence-electron chi connectivity index (χ2n) is 5.37. The molecule has 1 heterocycles. The van der Waals surface area contributed by atoms with Gasteiger partial charge >= 0.3 is 5.97 Å². The quantitative estimate of drug-likeness (QED) is 0.886. The van der Waals surface area contributed by atoms with Crippen molar-refractivity contribution in [1.82, 2.24) is 5.32 Å². The summed E-state index contributed by atoms with van der Waals surface area (Å²) >= 11 is 3.64. The third-order valence-corrected chi connectivity index (χ3v) is 5.43. The second kappa shape index (κ2) is 5.74. The van der Waals surface area contributed by atoms with Gasteiger partial charge in [0.15, 0.2) is 0 Å². The van der Waals surface area contributed by atoms with E-state index in [-0.39, 0.29) is 12.0 Å². The number of nitrogens with one attached hydrogen (secondary N) is 1. The summed E-state index contributed by atoms with van der Waals surface area (Å²) in [4.78, 5) is 11.1. The maximum Gasteiger partial charge on any atom is 0.307 e. The Labute approximate surface area is 127 Å². The van der Waals surface area contributed by atoms with Gasteiger partial charge < -0.3 is 15.2 Å². The average Bonchev–Trinajstić information content (AvgIpc) is 2.89. The molecular weight excluding hydrogens is 322 g/mol. The van der Waals surface area contributed by atoms with Crippen molar-refractivity contribution >= 4 is 21.9 Å². The van der Waals surface area contributed by atoms with E-state index in [1.807, 2.05) is 13.8 Å². The van der Waals surface area contributed by atoms with Gasteiger partial charge in [0.25, 0.3) is 0 Å². The lowest BCUT2D eigenvalue weighted by atomic mass is 9.91. The van der Waals surface area contributed by atoms with Crippen LogP contribution in [0.15, 0.2) is 4.47 Å². The zero-order valence-corrected chi connectivity index (χ0v) is 13.8. The molecule has 2 rings (SSSR count). The van der Waals surface area contributed by atoms with Crippen molar-refractivity contribution in [2.45, 2.75) is 33.2 Å². The highest BCUT2D eigenvalue weighted by atomic mass is 79.9. The Bertz CT molecular complexity index is 557. The number of hydrogen-bond acceptors (Lipinski definition) is 3. The van der Waals surface area contributed by atoms with Crippen LogP contribution in [-0.4, -0.2) is 24.7 Å². The molecule has 0 spiro atoms. The van der Waals surface area contributed by atoms with Gasteiger partial charge in [-0.1, -0.05) is 15.9 Å². The topological polar surface area (TPSA) is 58.6 Å². The number of carbonyl (C=O) groups is 1. The number of halogens is 1. The number of hydrogen-bond donors (Lipinski definition) is 2. The zero-order valence-electron chi connectivity index (χ0n) is 12.2. The molecule has 0 aromatic heterocycles. The van der Waals surface area contributed by atoms with E-state index in [0.29, 0.717) is 13.0 Å². The zero-order chi connectivity index (χ0) is 15.0. The SMILES string of the molecule is COc1c(C)c(C)c(Br)c(C)c1C1CC(C(=O)O)CN1. The van der Waals surface area contributed by atoms with Crippen LogP contribution >= 0.6 is 15.9 Å². The molecule has 2 atom stereocenters. The van der Waals surface area contributed by atoms with E-state index in [0.717, 1.165) is 32.5 Å². The number of aliphatic carboxylic acids is 1. The standard InChI is InChI=1S/C15H20BrNO3/c1-7-8(2)14(20-4)12(9(3)13(7)16)11-5-10(6-17-11)15(18)19/h10-11,17H,5-6H2,1-4H3,(H,18,19). The van der Waals surface area contributed by atoms with E-state index in [4.69, 9.17) is 9.84 Å². The smallest absolute Gasteiger partial charge is 0.307 e. The summed E-state index contributed by atoms with van der Waals surface area (Å²) in [6, 6.07) is 0.0293. The maximum absolute atomic E-state index is 11.1. The Hall–Kier alpha value is -1.07. The molecule has 2 unspecified atom stereocenters. The van der Waals surface area contributed by atoms with E-state index >= 15 is 0 Å². The third-order valence-electron chi connectivity index (χ3n) is 4.24. The summed E-state index contributed by atoms with van der Waals surface area (Å²) < 4.78 is 6.67. The summed E-state index contributed by atoms with van der Waals surface area (Å²) in [5.74, 6) is -0.198. The molecule has 4 nitrogen and oxygen atoms in total. The minimum atomic E-state index is -0.737. The van der Waals surface area contributed by atoms with Crippen LogP contribution < -0.4 is 10.1 Å². The number of carboxylic acids is 1. The van der Waals surface area contributed by atoms with Gasteiger partial charge in [-0.25, -0.2) is 0 Å². The Morgan fingerprint density at radius 3 is 2.45 bits per heavy atom. The van der Waals surface area contributed by atoms with Gasteiger partial charge in [-0.15, -0.1) is 0 Å². The Balaban J connectivity index is 2.49. The molecule has 1 aliphatic rings. The minimum Gasteiger partial charge on any atom is -0.496 e. The van der Waals surface area contributed by atoms with E-state index < -0.39 is 5.97 Å². The number of benzene rings is 1. The fourth-order valence-electron chi connectivity index (χ4n) is 2.93. The largest absolute Gasteiger partial charge is 0.496 e. The molecule has 1 aromatic rings. The molecule has 2 N–H and O–H groups in total. The number of ether oxygens (including phenoxy) is 1. The second-order valence-corrected chi connectivity index (χ2v) is 6.16. The predicted octanol–water partition coefficient (Wildman–Crippen LogP) is 3.12.